The van der Waals surface area contributed by atoms with Gasteiger partial charge in [-0.3, -0.25) is 0 Å². The number of rotatable bonds is 8. The van der Waals surface area contributed by atoms with Crippen molar-refractivity contribution in [3.8, 4) is 0 Å². The molecule has 0 aromatic carbocycles. The summed E-state index contributed by atoms with van der Waals surface area (Å²) in [6.07, 6.45) is 4.77. The van der Waals surface area contributed by atoms with E-state index in [0.29, 0.717) is 25.8 Å². The minimum atomic E-state index is -0.506. The second-order valence-corrected chi connectivity index (χ2v) is 4.97. The molecule has 3 atom stereocenters. The maximum absolute atomic E-state index is 9.84. The Morgan fingerprint density at radius 1 is 1.53 bits per heavy atom. The average molecular weight is 269 g/mol. The molecule has 0 amide bonds. The molecule has 1 aliphatic carbocycles. The molecule has 0 bridgehead atoms. The number of aliphatic hydroxyl groups excluding tert-OH is 1. The van der Waals surface area contributed by atoms with Gasteiger partial charge in [-0.1, -0.05) is 0 Å². The summed E-state index contributed by atoms with van der Waals surface area (Å²) >= 11 is 0. The molecule has 19 heavy (non-hydrogen) atoms. The summed E-state index contributed by atoms with van der Waals surface area (Å²) in [7, 11) is 1.74. The standard InChI is InChI=1S/C14H23NO4/c1-17-14-6-2-5-13(14)15-8-11(16)9-18-10-12-4-3-7-19-12/h3-4,7,11,13-16H,2,5-6,8-10H2,1H3. The van der Waals surface area contributed by atoms with Crippen LogP contribution in [0.25, 0.3) is 0 Å². The van der Waals surface area contributed by atoms with Crippen LogP contribution in [0.2, 0.25) is 0 Å². The smallest absolute Gasteiger partial charge is 0.129 e. The monoisotopic (exact) mass is 269 g/mol. The lowest BCUT2D eigenvalue weighted by molar-refractivity contribution is 0.0173. The molecule has 0 saturated heterocycles. The number of furan rings is 1. The fraction of sp³-hybridized carbons (Fsp3) is 0.714. The molecule has 1 aromatic rings. The Morgan fingerprint density at radius 2 is 2.42 bits per heavy atom. The van der Waals surface area contributed by atoms with Crippen LogP contribution in [-0.2, 0) is 16.1 Å². The zero-order valence-electron chi connectivity index (χ0n) is 11.4. The Kier molecular flexibility index (Phi) is 5.85. The topological polar surface area (TPSA) is 63.9 Å². The molecule has 0 aliphatic heterocycles. The van der Waals surface area contributed by atoms with Crippen molar-refractivity contribution in [2.24, 2.45) is 0 Å². The van der Waals surface area contributed by atoms with Crippen LogP contribution in [0.1, 0.15) is 25.0 Å². The van der Waals surface area contributed by atoms with Gasteiger partial charge in [0.2, 0.25) is 0 Å². The van der Waals surface area contributed by atoms with Gasteiger partial charge in [0.05, 0.1) is 25.1 Å². The maximum Gasteiger partial charge on any atom is 0.129 e. The number of nitrogens with one attached hydrogen (secondary N) is 1. The van der Waals surface area contributed by atoms with Gasteiger partial charge < -0.3 is 24.3 Å². The van der Waals surface area contributed by atoms with Crippen molar-refractivity contribution < 1.29 is 19.0 Å². The Bertz CT molecular complexity index is 341. The molecule has 2 N–H and O–H groups in total. The van der Waals surface area contributed by atoms with Gasteiger partial charge >= 0.3 is 0 Å². The summed E-state index contributed by atoms with van der Waals surface area (Å²) in [5.41, 5.74) is 0. The summed E-state index contributed by atoms with van der Waals surface area (Å²) in [5.74, 6) is 0.774. The molecule has 1 fully saturated rings. The van der Waals surface area contributed by atoms with Gasteiger partial charge in [-0.2, -0.15) is 0 Å². The second-order valence-electron chi connectivity index (χ2n) is 4.97. The molecule has 0 spiro atoms. The van der Waals surface area contributed by atoms with Crippen molar-refractivity contribution >= 4 is 0 Å². The minimum absolute atomic E-state index is 0.274. The van der Waals surface area contributed by atoms with Crippen LogP contribution < -0.4 is 5.32 Å². The molecule has 0 radical (unpaired) electrons. The van der Waals surface area contributed by atoms with E-state index in [-0.39, 0.29) is 6.10 Å². The minimum Gasteiger partial charge on any atom is -0.467 e. The lowest BCUT2D eigenvalue weighted by atomic mass is 10.2. The van der Waals surface area contributed by atoms with Crippen molar-refractivity contribution in [3.05, 3.63) is 24.2 Å². The third-order valence-corrected chi connectivity index (χ3v) is 3.51. The van der Waals surface area contributed by atoms with Crippen molar-refractivity contribution in [1.29, 1.82) is 0 Å². The van der Waals surface area contributed by atoms with Crippen molar-refractivity contribution in [2.75, 3.05) is 20.3 Å². The average Bonchev–Trinajstić information content (AvgIpc) is 3.07. The Labute approximate surface area is 113 Å². The van der Waals surface area contributed by atoms with Crippen LogP contribution in [-0.4, -0.2) is 43.6 Å². The van der Waals surface area contributed by atoms with E-state index in [2.05, 4.69) is 5.32 Å². The van der Waals surface area contributed by atoms with Crippen LogP contribution in [0, 0.1) is 0 Å². The fourth-order valence-electron chi connectivity index (χ4n) is 2.48. The van der Waals surface area contributed by atoms with Crippen molar-refractivity contribution in [3.63, 3.8) is 0 Å². The number of methoxy groups -OCH3 is 1. The predicted molar refractivity (Wildman–Crippen MR) is 70.8 cm³/mol. The highest BCUT2D eigenvalue weighted by Crippen LogP contribution is 2.21. The predicted octanol–water partition coefficient (Wildman–Crippen LogP) is 1.31. The normalized spacial score (nSPS) is 24.7. The fourth-order valence-corrected chi connectivity index (χ4v) is 2.48. The van der Waals surface area contributed by atoms with Gasteiger partial charge in [-0.05, 0) is 31.4 Å². The van der Waals surface area contributed by atoms with Crippen LogP contribution >= 0.6 is 0 Å². The second kappa shape index (κ2) is 7.65. The third-order valence-electron chi connectivity index (χ3n) is 3.51. The Morgan fingerprint density at radius 3 is 3.16 bits per heavy atom. The van der Waals surface area contributed by atoms with Crippen LogP contribution in [0.15, 0.2) is 22.8 Å². The molecular formula is C14H23NO4. The van der Waals surface area contributed by atoms with E-state index in [1.807, 2.05) is 12.1 Å². The van der Waals surface area contributed by atoms with Crippen molar-refractivity contribution in [2.45, 2.75) is 44.1 Å². The molecule has 1 saturated carbocycles. The molecule has 1 aromatic heterocycles. The molecule has 5 heteroatoms. The first-order chi connectivity index (χ1) is 9.29. The Balaban J connectivity index is 1.58. The molecule has 108 valence electrons. The number of hydrogen-bond donors (Lipinski definition) is 2. The SMILES string of the molecule is COC1CCCC1NCC(O)COCc1ccco1. The first-order valence-electron chi connectivity index (χ1n) is 6.84. The molecular weight excluding hydrogens is 246 g/mol. The van der Waals surface area contributed by atoms with E-state index in [9.17, 15) is 5.11 Å². The summed E-state index contributed by atoms with van der Waals surface area (Å²) in [6.45, 7) is 1.23. The highest BCUT2D eigenvalue weighted by atomic mass is 16.5. The van der Waals surface area contributed by atoms with Gasteiger partial charge in [0.1, 0.15) is 12.4 Å². The highest BCUT2D eigenvalue weighted by molar-refractivity contribution is 4.96. The van der Waals surface area contributed by atoms with Crippen LogP contribution in [0.5, 0.6) is 0 Å². The van der Waals surface area contributed by atoms with E-state index >= 15 is 0 Å². The largest absolute Gasteiger partial charge is 0.467 e. The summed E-state index contributed by atoms with van der Waals surface area (Å²) in [6, 6.07) is 4.03. The zero-order chi connectivity index (χ0) is 13.5. The first kappa shape index (κ1) is 14.5. The van der Waals surface area contributed by atoms with Gasteiger partial charge in [0.25, 0.3) is 0 Å². The molecule has 5 nitrogen and oxygen atoms in total. The summed E-state index contributed by atoms with van der Waals surface area (Å²) in [5, 5.41) is 13.2. The van der Waals surface area contributed by atoms with Crippen LogP contribution in [0.3, 0.4) is 0 Å². The van der Waals surface area contributed by atoms with E-state index in [1.54, 1.807) is 13.4 Å². The summed E-state index contributed by atoms with van der Waals surface area (Å²) in [4.78, 5) is 0. The Hall–Kier alpha value is -0.880. The maximum atomic E-state index is 9.84. The molecule has 1 aliphatic rings. The van der Waals surface area contributed by atoms with Gasteiger partial charge in [0, 0.05) is 19.7 Å². The van der Waals surface area contributed by atoms with Gasteiger partial charge in [-0.25, -0.2) is 0 Å². The van der Waals surface area contributed by atoms with E-state index in [1.165, 1.54) is 6.42 Å². The van der Waals surface area contributed by atoms with E-state index < -0.39 is 6.10 Å². The van der Waals surface area contributed by atoms with E-state index in [0.717, 1.165) is 18.6 Å². The lowest BCUT2D eigenvalue weighted by Gasteiger charge is -2.21. The third kappa shape index (κ3) is 4.62. The van der Waals surface area contributed by atoms with Crippen LogP contribution in [0.4, 0.5) is 0 Å². The van der Waals surface area contributed by atoms with Crippen molar-refractivity contribution in [1.82, 2.24) is 5.32 Å². The molecule has 1 heterocycles. The van der Waals surface area contributed by atoms with Gasteiger partial charge in [0.15, 0.2) is 0 Å². The molecule has 3 unspecified atom stereocenters. The number of hydrogen-bond acceptors (Lipinski definition) is 5. The summed E-state index contributed by atoms with van der Waals surface area (Å²) < 4.78 is 15.9. The van der Waals surface area contributed by atoms with Gasteiger partial charge in [-0.15, -0.1) is 0 Å². The number of ether oxygens (including phenoxy) is 2. The highest BCUT2D eigenvalue weighted by Gasteiger charge is 2.26. The molecule has 2 rings (SSSR count). The number of aliphatic hydroxyl groups is 1. The lowest BCUT2D eigenvalue weighted by Crippen LogP contribution is -2.42. The van der Waals surface area contributed by atoms with E-state index in [4.69, 9.17) is 13.9 Å². The quantitative estimate of drug-likeness (QED) is 0.745. The first-order valence-corrected chi connectivity index (χ1v) is 6.84. The zero-order valence-corrected chi connectivity index (χ0v) is 11.4.